The Bertz CT molecular complexity index is 719. The van der Waals surface area contributed by atoms with Crippen LogP contribution in [0.25, 0.3) is 0 Å². The minimum absolute atomic E-state index is 0.278. The third-order valence-electron chi connectivity index (χ3n) is 2.79. The summed E-state index contributed by atoms with van der Waals surface area (Å²) in [6, 6.07) is 8.13. The van der Waals surface area contributed by atoms with Gasteiger partial charge in [-0.25, -0.2) is 14.8 Å². The van der Waals surface area contributed by atoms with Crippen molar-refractivity contribution in [3.8, 4) is 0 Å². The number of esters is 1. The Morgan fingerprint density at radius 1 is 1.23 bits per heavy atom. The Kier molecular flexibility index (Phi) is 5.11. The van der Waals surface area contributed by atoms with E-state index in [0.29, 0.717) is 22.1 Å². The largest absolute Gasteiger partial charge is 0.465 e. The van der Waals surface area contributed by atoms with Crippen molar-refractivity contribution in [2.24, 2.45) is 0 Å². The molecule has 0 fully saturated rings. The first-order valence-electron chi connectivity index (χ1n) is 6.43. The second-order valence-corrected chi connectivity index (χ2v) is 5.18. The van der Waals surface area contributed by atoms with Crippen molar-refractivity contribution < 1.29 is 14.3 Å². The summed E-state index contributed by atoms with van der Waals surface area (Å²) in [5, 5.41) is 3.25. The van der Waals surface area contributed by atoms with E-state index in [1.54, 1.807) is 37.3 Å². The number of anilines is 1. The number of thioether (sulfide) groups is 1. The number of aryl methyl sites for hydroxylation is 1. The third-order valence-corrected chi connectivity index (χ3v) is 3.34. The maximum Gasteiger partial charge on any atom is 0.337 e. The molecule has 0 saturated heterocycles. The predicted octanol–water partition coefficient (Wildman–Crippen LogP) is 2.55. The van der Waals surface area contributed by atoms with Crippen LogP contribution in [0.2, 0.25) is 0 Å². The maximum atomic E-state index is 12.3. The van der Waals surface area contributed by atoms with Crippen LogP contribution in [-0.2, 0) is 4.74 Å². The quantitative estimate of drug-likeness (QED) is 0.530. The number of rotatable bonds is 4. The van der Waals surface area contributed by atoms with Crippen molar-refractivity contribution in [3.05, 3.63) is 47.3 Å². The van der Waals surface area contributed by atoms with Crippen LogP contribution in [0.3, 0.4) is 0 Å². The van der Waals surface area contributed by atoms with Gasteiger partial charge >= 0.3 is 5.97 Å². The van der Waals surface area contributed by atoms with Gasteiger partial charge in [0.2, 0.25) is 0 Å². The van der Waals surface area contributed by atoms with Gasteiger partial charge in [0.05, 0.1) is 12.7 Å². The average molecular weight is 317 g/mol. The monoisotopic (exact) mass is 317 g/mol. The van der Waals surface area contributed by atoms with E-state index >= 15 is 0 Å². The summed E-state index contributed by atoms with van der Waals surface area (Å²) in [5.74, 6) is -0.818. The molecule has 0 aliphatic carbocycles. The molecule has 2 rings (SSSR count). The molecule has 0 spiro atoms. The number of carbonyl (C=O) groups is 2. The summed E-state index contributed by atoms with van der Waals surface area (Å²) < 4.78 is 4.65. The second kappa shape index (κ2) is 7.04. The standard InChI is InChI=1S/C15H15N3O3S/c1-9-7-12(18-15(16-9)22-3)13(19)17-11-6-4-5-10(8-11)14(20)21-2/h4-8H,1-3H3,(H,17,19). The van der Waals surface area contributed by atoms with Gasteiger partial charge in [-0.15, -0.1) is 0 Å². The van der Waals surface area contributed by atoms with Crippen molar-refractivity contribution in [3.63, 3.8) is 0 Å². The first kappa shape index (κ1) is 16.0. The second-order valence-electron chi connectivity index (χ2n) is 4.41. The highest BCUT2D eigenvalue weighted by atomic mass is 32.2. The number of benzene rings is 1. The molecule has 1 aromatic carbocycles. The van der Waals surface area contributed by atoms with E-state index in [2.05, 4.69) is 20.0 Å². The topological polar surface area (TPSA) is 81.2 Å². The highest BCUT2D eigenvalue weighted by Crippen LogP contribution is 2.14. The summed E-state index contributed by atoms with van der Waals surface area (Å²) in [5.41, 5.74) is 1.85. The predicted molar refractivity (Wildman–Crippen MR) is 84.3 cm³/mol. The number of ether oxygens (including phenoxy) is 1. The molecule has 7 heteroatoms. The molecule has 0 unspecified atom stereocenters. The third kappa shape index (κ3) is 3.82. The fourth-order valence-electron chi connectivity index (χ4n) is 1.79. The van der Waals surface area contributed by atoms with Crippen molar-refractivity contribution in [1.29, 1.82) is 0 Å². The average Bonchev–Trinajstić information content (AvgIpc) is 2.53. The summed E-state index contributed by atoms with van der Waals surface area (Å²) in [6.07, 6.45) is 1.84. The number of hydrogen-bond donors (Lipinski definition) is 1. The van der Waals surface area contributed by atoms with Crippen LogP contribution < -0.4 is 5.32 Å². The number of hydrogen-bond acceptors (Lipinski definition) is 6. The lowest BCUT2D eigenvalue weighted by Gasteiger charge is -2.07. The lowest BCUT2D eigenvalue weighted by Crippen LogP contribution is -2.15. The van der Waals surface area contributed by atoms with Gasteiger partial charge in [0, 0.05) is 11.4 Å². The van der Waals surface area contributed by atoms with E-state index in [1.807, 2.05) is 6.26 Å². The zero-order chi connectivity index (χ0) is 16.1. The molecule has 22 heavy (non-hydrogen) atoms. The van der Waals surface area contributed by atoms with Crippen LogP contribution in [0.4, 0.5) is 5.69 Å². The molecule has 0 aliphatic rings. The molecule has 0 radical (unpaired) electrons. The van der Waals surface area contributed by atoms with E-state index in [9.17, 15) is 9.59 Å². The molecule has 1 aromatic heterocycles. The molecule has 0 bridgehead atoms. The summed E-state index contributed by atoms with van der Waals surface area (Å²) in [7, 11) is 1.31. The molecule has 2 aromatic rings. The van der Waals surface area contributed by atoms with Gasteiger partial charge in [-0.3, -0.25) is 4.79 Å². The SMILES string of the molecule is COC(=O)c1cccc(NC(=O)c2cc(C)nc(SC)n2)c1. The number of methoxy groups -OCH3 is 1. The number of amides is 1. The van der Waals surface area contributed by atoms with E-state index in [-0.39, 0.29) is 11.6 Å². The fraction of sp³-hybridized carbons (Fsp3) is 0.200. The van der Waals surface area contributed by atoms with Crippen LogP contribution in [0.1, 0.15) is 26.5 Å². The molecule has 1 N–H and O–H groups in total. The van der Waals surface area contributed by atoms with Crippen LogP contribution in [0, 0.1) is 6.92 Å². The molecule has 0 aliphatic heterocycles. The molecular formula is C15H15N3O3S. The molecule has 0 saturated carbocycles. The van der Waals surface area contributed by atoms with Gasteiger partial charge < -0.3 is 10.1 Å². The van der Waals surface area contributed by atoms with Gasteiger partial charge in [0.1, 0.15) is 5.69 Å². The highest BCUT2D eigenvalue weighted by molar-refractivity contribution is 7.98. The molecule has 1 amide bonds. The summed E-state index contributed by atoms with van der Waals surface area (Å²) in [4.78, 5) is 32.1. The van der Waals surface area contributed by atoms with Gasteiger partial charge in [0.25, 0.3) is 5.91 Å². The molecule has 114 valence electrons. The van der Waals surface area contributed by atoms with Crippen molar-refractivity contribution >= 4 is 29.3 Å². The Morgan fingerprint density at radius 3 is 2.68 bits per heavy atom. The van der Waals surface area contributed by atoms with Crippen molar-refractivity contribution in [2.45, 2.75) is 12.1 Å². The summed E-state index contributed by atoms with van der Waals surface area (Å²) in [6.45, 7) is 1.80. The van der Waals surface area contributed by atoms with Crippen LogP contribution in [-0.4, -0.2) is 35.2 Å². The van der Waals surface area contributed by atoms with Crippen molar-refractivity contribution in [1.82, 2.24) is 9.97 Å². The minimum atomic E-state index is -0.460. The fourth-order valence-corrected chi connectivity index (χ4v) is 2.21. The zero-order valence-electron chi connectivity index (χ0n) is 12.4. The Labute approximate surface area is 132 Å². The Morgan fingerprint density at radius 2 is 2.00 bits per heavy atom. The lowest BCUT2D eigenvalue weighted by molar-refractivity contribution is 0.0600. The Balaban J connectivity index is 2.22. The molecule has 1 heterocycles. The first-order chi connectivity index (χ1) is 10.5. The van der Waals surface area contributed by atoms with E-state index in [0.717, 1.165) is 0 Å². The van der Waals surface area contributed by atoms with E-state index in [4.69, 9.17) is 0 Å². The van der Waals surface area contributed by atoms with Gasteiger partial charge in [-0.1, -0.05) is 17.8 Å². The number of nitrogens with zero attached hydrogens (tertiary/aromatic N) is 2. The first-order valence-corrected chi connectivity index (χ1v) is 7.65. The van der Waals surface area contributed by atoms with Gasteiger partial charge in [-0.2, -0.15) is 0 Å². The van der Waals surface area contributed by atoms with E-state index in [1.165, 1.54) is 18.9 Å². The highest BCUT2D eigenvalue weighted by Gasteiger charge is 2.12. The normalized spacial score (nSPS) is 10.1. The van der Waals surface area contributed by atoms with Crippen LogP contribution in [0.5, 0.6) is 0 Å². The lowest BCUT2D eigenvalue weighted by atomic mass is 10.2. The Hall–Kier alpha value is -2.41. The minimum Gasteiger partial charge on any atom is -0.465 e. The van der Waals surface area contributed by atoms with E-state index < -0.39 is 5.97 Å². The number of aromatic nitrogens is 2. The van der Waals surface area contributed by atoms with Gasteiger partial charge in [0.15, 0.2) is 5.16 Å². The zero-order valence-corrected chi connectivity index (χ0v) is 13.2. The van der Waals surface area contributed by atoms with Gasteiger partial charge in [-0.05, 0) is 37.4 Å². The van der Waals surface area contributed by atoms with Crippen molar-refractivity contribution in [2.75, 3.05) is 18.7 Å². The number of carbonyl (C=O) groups excluding carboxylic acids is 2. The smallest absolute Gasteiger partial charge is 0.337 e. The molecular weight excluding hydrogens is 302 g/mol. The molecule has 6 nitrogen and oxygen atoms in total. The molecule has 0 atom stereocenters. The van der Waals surface area contributed by atoms with Crippen LogP contribution in [0.15, 0.2) is 35.5 Å². The summed E-state index contributed by atoms with van der Waals surface area (Å²) >= 11 is 1.37. The number of nitrogens with one attached hydrogen (secondary N) is 1. The van der Waals surface area contributed by atoms with Crippen LogP contribution >= 0.6 is 11.8 Å². The maximum absolute atomic E-state index is 12.3.